The highest BCUT2D eigenvalue weighted by atomic mass is 16.5. The van der Waals surface area contributed by atoms with Gasteiger partial charge >= 0.3 is 5.97 Å². The van der Waals surface area contributed by atoms with Gasteiger partial charge in [-0.3, -0.25) is 4.79 Å². The Kier molecular flexibility index (Phi) is 6.44. The molecule has 1 aliphatic heterocycles. The van der Waals surface area contributed by atoms with Crippen LogP contribution in [0.3, 0.4) is 0 Å². The van der Waals surface area contributed by atoms with Gasteiger partial charge in [-0.15, -0.1) is 10.2 Å². The zero-order valence-electron chi connectivity index (χ0n) is 20.9. The number of ether oxygens (including phenoxy) is 2. The molecule has 0 spiro atoms. The van der Waals surface area contributed by atoms with Crippen LogP contribution in [0.1, 0.15) is 47.9 Å². The molecule has 1 N–H and O–H groups in total. The topological polar surface area (TPSA) is 90.4 Å². The summed E-state index contributed by atoms with van der Waals surface area (Å²) in [5.74, 6) is 0.250. The summed E-state index contributed by atoms with van der Waals surface area (Å²) in [5, 5.41) is 12.2. The maximum atomic E-state index is 13.4. The van der Waals surface area contributed by atoms with Crippen molar-refractivity contribution in [1.29, 1.82) is 0 Å². The summed E-state index contributed by atoms with van der Waals surface area (Å²) in [7, 11) is 0. The molecule has 3 aromatic carbocycles. The van der Waals surface area contributed by atoms with Crippen molar-refractivity contribution in [2.75, 3.05) is 11.9 Å². The van der Waals surface area contributed by atoms with E-state index >= 15 is 0 Å². The van der Waals surface area contributed by atoms with Crippen LogP contribution in [0.15, 0.2) is 78.9 Å². The lowest BCUT2D eigenvalue weighted by atomic mass is 9.93. The van der Waals surface area contributed by atoms with Crippen molar-refractivity contribution < 1.29 is 19.1 Å². The quantitative estimate of drug-likeness (QED) is 0.308. The third-order valence-corrected chi connectivity index (χ3v) is 6.08. The number of Topliss-reactive ketones (excluding diaryl/α,β-unsaturated/α-hetero) is 1. The molecule has 4 aromatic rings. The van der Waals surface area contributed by atoms with E-state index in [9.17, 15) is 9.59 Å². The molecule has 0 radical (unpaired) electrons. The summed E-state index contributed by atoms with van der Waals surface area (Å²) in [6.45, 7) is 5.74. The number of carbonyl (C=O) groups is 2. The van der Waals surface area contributed by atoms with Gasteiger partial charge in [0.1, 0.15) is 22.6 Å². The number of ketones is 1. The maximum Gasteiger partial charge on any atom is 0.342 e. The Bertz CT molecular complexity index is 1470. The monoisotopic (exact) mass is 493 g/mol. The number of esters is 1. The first-order valence-electron chi connectivity index (χ1n) is 12.2. The van der Waals surface area contributed by atoms with Gasteiger partial charge in [0, 0.05) is 16.8 Å². The Morgan fingerprint density at radius 3 is 2.32 bits per heavy atom. The predicted molar refractivity (Wildman–Crippen MR) is 142 cm³/mol. The van der Waals surface area contributed by atoms with Gasteiger partial charge in [-0.05, 0) is 44.5 Å². The van der Waals surface area contributed by atoms with Gasteiger partial charge < -0.3 is 14.8 Å². The normalized spacial score (nSPS) is 13.9. The SMILES string of the molecule is CCOC(=O)c1c(Nc2ccc3c(c2)C(=O)CC(C)(C)O3)nnc(-c2ccccc2)c1-c1ccccc1. The fourth-order valence-electron chi connectivity index (χ4n) is 4.48. The highest BCUT2D eigenvalue weighted by Crippen LogP contribution is 2.39. The molecular weight excluding hydrogens is 466 g/mol. The predicted octanol–water partition coefficient (Wildman–Crippen LogP) is 6.47. The van der Waals surface area contributed by atoms with Crippen molar-refractivity contribution in [1.82, 2.24) is 10.2 Å². The fourth-order valence-corrected chi connectivity index (χ4v) is 4.48. The van der Waals surface area contributed by atoms with E-state index in [2.05, 4.69) is 15.5 Å². The molecule has 7 heteroatoms. The Morgan fingerprint density at radius 1 is 0.973 bits per heavy atom. The Balaban J connectivity index is 1.66. The lowest BCUT2D eigenvalue weighted by molar-refractivity contribution is 0.0526. The molecule has 5 rings (SSSR count). The van der Waals surface area contributed by atoms with Gasteiger partial charge in [0.05, 0.1) is 18.6 Å². The Morgan fingerprint density at radius 2 is 1.65 bits per heavy atom. The number of carbonyl (C=O) groups excluding carboxylic acids is 2. The number of aromatic nitrogens is 2. The molecule has 7 nitrogen and oxygen atoms in total. The molecule has 1 aromatic heterocycles. The largest absolute Gasteiger partial charge is 0.487 e. The van der Waals surface area contributed by atoms with Crippen LogP contribution in [0.5, 0.6) is 5.75 Å². The number of nitrogens with one attached hydrogen (secondary N) is 1. The summed E-state index contributed by atoms with van der Waals surface area (Å²) in [5.41, 5.74) is 3.59. The Labute approximate surface area is 215 Å². The van der Waals surface area contributed by atoms with Gasteiger partial charge in [-0.1, -0.05) is 60.7 Å². The van der Waals surface area contributed by atoms with Crippen molar-refractivity contribution in [2.45, 2.75) is 32.8 Å². The van der Waals surface area contributed by atoms with E-state index < -0.39 is 11.6 Å². The molecule has 0 saturated carbocycles. The number of nitrogens with zero attached hydrogens (tertiary/aromatic N) is 2. The zero-order valence-corrected chi connectivity index (χ0v) is 20.9. The van der Waals surface area contributed by atoms with E-state index in [0.717, 1.165) is 11.1 Å². The highest BCUT2D eigenvalue weighted by molar-refractivity contribution is 6.06. The van der Waals surface area contributed by atoms with E-state index in [1.807, 2.05) is 74.5 Å². The van der Waals surface area contributed by atoms with E-state index in [1.54, 1.807) is 25.1 Å². The number of rotatable bonds is 6. The van der Waals surface area contributed by atoms with Crippen LogP contribution in [0.4, 0.5) is 11.5 Å². The molecule has 37 heavy (non-hydrogen) atoms. The van der Waals surface area contributed by atoms with E-state index in [0.29, 0.717) is 28.3 Å². The van der Waals surface area contributed by atoms with Gasteiger partial charge in [-0.2, -0.15) is 0 Å². The van der Waals surface area contributed by atoms with Crippen LogP contribution < -0.4 is 10.1 Å². The summed E-state index contributed by atoms with van der Waals surface area (Å²) < 4.78 is 11.4. The molecule has 1 aliphatic rings. The van der Waals surface area contributed by atoms with Crippen molar-refractivity contribution in [3.63, 3.8) is 0 Å². The second kappa shape index (κ2) is 9.85. The smallest absolute Gasteiger partial charge is 0.342 e. The maximum absolute atomic E-state index is 13.4. The molecule has 0 bridgehead atoms. The minimum Gasteiger partial charge on any atom is -0.487 e. The van der Waals surface area contributed by atoms with E-state index in [4.69, 9.17) is 9.47 Å². The average molecular weight is 494 g/mol. The zero-order chi connectivity index (χ0) is 26.0. The molecular formula is C30H27N3O4. The van der Waals surface area contributed by atoms with Crippen molar-refractivity contribution >= 4 is 23.3 Å². The first-order valence-corrected chi connectivity index (χ1v) is 12.2. The molecule has 186 valence electrons. The number of benzene rings is 3. The molecule has 0 unspecified atom stereocenters. The minimum absolute atomic E-state index is 0.00370. The van der Waals surface area contributed by atoms with Gasteiger partial charge in [0.15, 0.2) is 11.6 Å². The average Bonchev–Trinajstić information content (AvgIpc) is 2.89. The lowest BCUT2D eigenvalue weighted by Crippen LogP contribution is -2.35. The number of hydrogen-bond acceptors (Lipinski definition) is 7. The molecule has 0 fully saturated rings. The van der Waals surface area contributed by atoms with Crippen molar-refractivity contribution in [3.05, 3.63) is 90.0 Å². The number of fused-ring (bicyclic) bond motifs is 1. The van der Waals surface area contributed by atoms with Crippen molar-refractivity contribution in [2.24, 2.45) is 0 Å². The first kappa shape index (κ1) is 24.2. The van der Waals surface area contributed by atoms with Crippen LogP contribution >= 0.6 is 0 Å². The molecule has 2 heterocycles. The molecule has 0 amide bonds. The fraction of sp³-hybridized carbons (Fsp3) is 0.200. The molecule has 0 saturated heterocycles. The standard InChI is InChI=1S/C30H27N3O4/c1-4-36-29(35)26-25(19-11-7-5-8-12-19)27(20-13-9-6-10-14-20)32-33-28(26)31-21-15-16-24-22(17-21)23(34)18-30(2,3)37-24/h5-17H,4,18H2,1-3H3,(H,31,33). The summed E-state index contributed by atoms with van der Waals surface area (Å²) in [6, 6.07) is 24.4. The van der Waals surface area contributed by atoms with Gasteiger partial charge in [0.2, 0.25) is 0 Å². The van der Waals surface area contributed by atoms with Crippen molar-refractivity contribution in [3.8, 4) is 28.1 Å². The second-order valence-electron chi connectivity index (χ2n) is 9.40. The Hall–Kier alpha value is -4.52. The molecule has 0 atom stereocenters. The van der Waals surface area contributed by atoms with Gasteiger partial charge in [0.25, 0.3) is 0 Å². The second-order valence-corrected chi connectivity index (χ2v) is 9.40. The van der Waals surface area contributed by atoms with Crippen LogP contribution in [0.25, 0.3) is 22.4 Å². The van der Waals surface area contributed by atoms with Crippen LogP contribution in [-0.2, 0) is 4.74 Å². The summed E-state index contributed by atoms with van der Waals surface area (Å²) in [6.07, 6.45) is 0.279. The third kappa shape index (κ3) is 4.93. The highest BCUT2D eigenvalue weighted by Gasteiger charge is 2.33. The van der Waals surface area contributed by atoms with Crippen LogP contribution in [0.2, 0.25) is 0 Å². The summed E-state index contributed by atoms with van der Waals surface area (Å²) >= 11 is 0. The lowest BCUT2D eigenvalue weighted by Gasteiger charge is -2.31. The first-order chi connectivity index (χ1) is 17.9. The number of anilines is 2. The minimum atomic E-state index is -0.556. The van der Waals surface area contributed by atoms with Crippen LogP contribution in [0, 0.1) is 0 Å². The van der Waals surface area contributed by atoms with E-state index in [-0.39, 0.29) is 30.2 Å². The van der Waals surface area contributed by atoms with E-state index in [1.165, 1.54) is 0 Å². The third-order valence-electron chi connectivity index (χ3n) is 6.08. The van der Waals surface area contributed by atoms with Crippen LogP contribution in [-0.4, -0.2) is 34.2 Å². The summed E-state index contributed by atoms with van der Waals surface area (Å²) in [4.78, 5) is 26.2. The molecule has 0 aliphatic carbocycles. The number of hydrogen-bond donors (Lipinski definition) is 1. The van der Waals surface area contributed by atoms with Gasteiger partial charge in [-0.25, -0.2) is 4.79 Å².